The van der Waals surface area contributed by atoms with E-state index >= 15 is 0 Å². The van der Waals surface area contributed by atoms with Gasteiger partial charge in [-0.3, -0.25) is 0 Å². The topological polar surface area (TPSA) is 18.5 Å². The van der Waals surface area contributed by atoms with Crippen LogP contribution in [0.5, 0.6) is 0 Å². The fourth-order valence-corrected chi connectivity index (χ4v) is 4.12. The van der Waals surface area contributed by atoms with Crippen LogP contribution in [0, 0.1) is 0 Å². The van der Waals surface area contributed by atoms with E-state index in [2.05, 4.69) is 22.0 Å². The maximum absolute atomic E-state index is 14.6. The summed E-state index contributed by atoms with van der Waals surface area (Å²) in [6.07, 6.45) is 1.53. The second kappa shape index (κ2) is 5.19. The van der Waals surface area contributed by atoms with Crippen molar-refractivity contribution in [2.24, 2.45) is 0 Å². The first-order valence-electron chi connectivity index (χ1n) is 7.18. The van der Waals surface area contributed by atoms with Gasteiger partial charge in [0.15, 0.2) is 0 Å². The molecule has 2 heterocycles. The highest BCUT2D eigenvalue weighted by Crippen LogP contribution is 2.48. The smallest absolute Gasteiger partial charge is 0.398 e. The molecule has 0 amide bonds. The van der Waals surface area contributed by atoms with Crippen LogP contribution >= 0.6 is 27.3 Å². The molecule has 21 heavy (non-hydrogen) atoms. The van der Waals surface area contributed by atoms with Gasteiger partial charge >= 0.3 is 7.12 Å². The molecule has 0 radical (unpaired) electrons. The predicted octanol–water partition coefficient (Wildman–Crippen LogP) is 5.24. The van der Waals surface area contributed by atoms with Crippen molar-refractivity contribution in [3.05, 3.63) is 32.1 Å². The molecule has 0 N–H and O–H groups in total. The third kappa shape index (κ3) is 2.76. The van der Waals surface area contributed by atoms with Gasteiger partial charge < -0.3 is 9.31 Å². The van der Waals surface area contributed by atoms with Crippen LogP contribution in [0.4, 0.5) is 4.39 Å². The van der Waals surface area contributed by atoms with Crippen molar-refractivity contribution in [2.45, 2.75) is 57.7 Å². The molecular weight excluding hydrogens is 354 g/mol. The summed E-state index contributed by atoms with van der Waals surface area (Å²) in [5, 5.41) is 0. The first-order valence-corrected chi connectivity index (χ1v) is 8.79. The summed E-state index contributed by atoms with van der Waals surface area (Å²) < 4.78 is 27.2. The lowest BCUT2D eigenvalue weighted by atomic mass is 9.72. The lowest BCUT2D eigenvalue weighted by Crippen LogP contribution is -2.41. The van der Waals surface area contributed by atoms with Gasteiger partial charge in [-0.05, 0) is 74.2 Å². The molecular formula is C15H19BBrFO2S. The number of hydrogen-bond donors (Lipinski definition) is 0. The number of thiophene rings is 1. The van der Waals surface area contributed by atoms with Gasteiger partial charge in [0.05, 0.1) is 15.0 Å². The van der Waals surface area contributed by atoms with E-state index in [1.807, 2.05) is 33.8 Å². The Bertz CT molecular complexity index is 572. The third-order valence-electron chi connectivity index (χ3n) is 4.78. The molecule has 2 fully saturated rings. The van der Waals surface area contributed by atoms with Crippen molar-refractivity contribution >= 4 is 34.4 Å². The van der Waals surface area contributed by atoms with Crippen molar-refractivity contribution in [3.8, 4) is 0 Å². The Morgan fingerprint density at radius 3 is 2.29 bits per heavy atom. The Balaban J connectivity index is 1.69. The first kappa shape index (κ1) is 15.7. The van der Waals surface area contributed by atoms with E-state index in [9.17, 15) is 4.39 Å². The van der Waals surface area contributed by atoms with Crippen LogP contribution in [0.25, 0.3) is 0 Å². The third-order valence-corrected chi connectivity index (χ3v) is 6.57. The molecule has 0 aromatic carbocycles. The monoisotopic (exact) mass is 372 g/mol. The van der Waals surface area contributed by atoms with Gasteiger partial charge in [-0.2, -0.15) is 0 Å². The van der Waals surface area contributed by atoms with E-state index in [4.69, 9.17) is 9.31 Å². The zero-order chi connectivity index (χ0) is 15.4. The minimum absolute atomic E-state index is 0.222. The SMILES string of the molecule is CC1(C)OB(C(F)=C2CC(c3ccc(Br)s3)C2)OC1(C)C. The van der Waals surface area contributed by atoms with Gasteiger partial charge in [0.2, 0.25) is 0 Å². The number of rotatable bonds is 2. The molecule has 0 unspecified atom stereocenters. The number of halogens is 2. The Kier molecular flexibility index (Phi) is 3.88. The second-order valence-electron chi connectivity index (χ2n) is 6.79. The van der Waals surface area contributed by atoms with Crippen LogP contribution < -0.4 is 0 Å². The summed E-state index contributed by atoms with van der Waals surface area (Å²) in [5.74, 6) is 0.435. The van der Waals surface area contributed by atoms with Gasteiger partial charge in [-0.25, -0.2) is 4.39 Å². The van der Waals surface area contributed by atoms with Crippen LogP contribution in [-0.2, 0) is 9.31 Å². The lowest BCUT2D eigenvalue weighted by Gasteiger charge is -2.32. The number of hydrogen-bond acceptors (Lipinski definition) is 3. The highest BCUT2D eigenvalue weighted by atomic mass is 79.9. The average Bonchev–Trinajstić information content (AvgIpc) is 2.79. The van der Waals surface area contributed by atoms with Crippen LogP contribution in [0.3, 0.4) is 0 Å². The van der Waals surface area contributed by atoms with Crippen molar-refractivity contribution < 1.29 is 13.7 Å². The highest BCUT2D eigenvalue weighted by Gasteiger charge is 2.54. The summed E-state index contributed by atoms with van der Waals surface area (Å²) in [6, 6.07) is 4.16. The zero-order valence-corrected chi connectivity index (χ0v) is 15.1. The molecule has 2 nitrogen and oxygen atoms in total. The Hall–Kier alpha value is -0.165. The van der Waals surface area contributed by atoms with Gasteiger partial charge in [-0.1, -0.05) is 0 Å². The fourth-order valence-electron chi connectivity index (χ4n) is 2.59. The van der Waals surface area contributed by atoms with Gasteiger partial charge in [0, 0.05) is 10.8 Å². The maximum atomic E-state index is 14.6. The average molecular weight is 373 g/mol. The minimum Gasteiger partial charge on any atom is -0.398 e. The molecule has 0 bridgehead atoms. The fraction of sp³-hybridized carbons (Fsp3) is 0.600. The molecule has 6 heteroatoms. The van der Waals surface area contributed by atoms with E-state index in [0.29, 0.717) is 5.92 Å². The van der Waals surface area contributed by atoms with E-state index in [1.165, 1.54) is 4.88 Å². The van der Waals surface area contributed by atoms with Crippen LogP contribution in [0.15, 0.2) is 27.2 Å². The lowest BCUT2D eigenvalue weighted by molar-refractivity contribution is 0.00578. The van der Waals surface area contributed by atoms with Crippen LogP contribution in [0.1, 0.15) is 51.3 Å². The van der Waals surface area contributed by atoms with Crippen molar-refractivity contribution in [2.75, 3.05) is 0 Å². The molecule has 114 valence electrons. The number of allylic oxidation sites excluding steroid dienone is 1. The normalized spacial score (nSPS) is 26.9. The molecule has 0 spiro atoms. The van der Waals surface area contributed by atoms with Crippen molar-refractivity contribution in [3.63, 3.8) is 0 Å². The summed E-state index contributed by atoms with van der Waals surface area (Å²) in [7, 11) is -0.846. The summed E-state index contributed by atoms with van der Waals surface area (Å²) in [6.45, 7) is 7.77. The Labute approximate surface area is 138 Å². The van der Waals surface area contributed by atoms with Crippen LogP contribution in [-0.4, -0.2) is 18.3 Å². The van der Waals surface area contributed by atoms with Crippen molar-refractivity contribution in [1.29, 1.82) is 0 Å². The predicted molar refractivity (Wildman–Crippen MR) is 88.2 cm³/mol. The molecule has 1 aromatic rings. The molecule has 1 aliphatic heterocycles. The van der Waals surface area contributed by atoms with Gasteiger partial charge in [-0.15, -0.1) is 11.3 Å². The summed E-state index contributed by atoms with van der Waals surface area (Å²) >= 11 is 5.20. The minimum atomic E-state index is -0.846. The van der Waals surface area contributed by atoms with Crippen LogP contribution in [0.2, 0.25) is 0 Å². The van der Waals surface area contributed by atoms with E-state index < -0.39 is 18.3 Å². The Morgan fingerprint density at radius 2 is 1.81 bits per heavy atom. The molecule has 1 aliphatic carbocycles. The molecule has 3 rings (SSSR count). The zero-order valence-electron chi connectivity index (χ0n) is 12.7. The largest absolute Gasteiger partial charge is 0.525 e. The molecule has 1 saturated carbocycles. The highest BCUT2D eigenvalue weighted by molar-refractivity contribution is 9.11. The standard InChI is InChI=1S/C15H19BBrFO2S/c1-14(2)15(3,4)20-16(19-14)13(18)10-7-9(8-10)11-5-6-12(17)21-11/h5-6,9H,7-8H2,1-4H3. The molecule has 0 atom stereocenters. The van der Waals surface area contributed by atoms with E-state index in [-0.39, 0.29) is 5.73 Å². The quantitative estimate of drug-likeness (QED) is 0.660. The Morgan fingerprint density at radius 1 is 1.24 bits per heavy atom. The van der Waals surface area contributed by atoms with E-state index in [1.54, 1.807) is 11.3 Å². The van der Waals surface area contributed by atoms with Crippen molar-refractivity contribution in [1.82, 2.24) is 0 Å². The second-order valence-corrected chi connectivity index (χ2v) is 9.28. The van der Waals surface area contributed by atoms with Gasteiger partial charge in [0.1, 0.15) is 5.73 Å². The molecule has 1 saturated heterocycles. The summed E-state index contributed by atoms with van der Waals surface area (Å²) in [4.78, 5) is 1.31. The summed E-state index contributed by atoms with van der Waals surface area (Å²) in [5.41, 5.74) is -0.363. The van der Waals surface area contributed by atoms with Gasteiger partial charge in [0.25, 0.3) is 0 Å². The first-order chi connectivity index (χ1) is 9.69. The maximum Gasteiger partial charge on any atom is 0.525 e. The molecule has 2 aliphatic rings. The molecule has 1 aromatic heterocycles. The van der Waals surface area contributed by atoms with E-state index in [0.717, 1.165) is 22.2 Å².